The van der Waals surface area contributed by atoms with Crippen LogP contribution in [0, 0.1) is 0 Å². The van der Waals surface area contributed by atoms with Crippen LogP contribution in [0.4, 0.5) is 0 Å². The fourth-order valence-electron chi connectivity index (χ4n) is 0.856. The third kappa shape index (κ3) is 1.85. The van der Waals surface area contributed by atoms with Crippen molar-refractivity contribution in [3.05, 3.63) is 0 Å². The van der Waals surface area contributed by atoms with Gasteiger partial charge < -0.3 is 4.74 Å². The number of ether oxygens (including phenoxy) is 1. The monoisotopic (exact) mass is 149 g/mol. The van der Waals surface area contributed by atoms with Crippen LogP contribution in [-0.2, 0) is 4.74 Å². The molecule has 1 aliphatic heterocycles. The van der Waals surface area contributed by atoms with Crippen LogP contribution >= 0.6 is 10.0 Å². The van der Waals surface area contributed by atoms with Crippen molar-refractivity contribution in [2.24, 2.45) is 0 Å². The molecule has 1 rings (SSSR count). The highest BCUT2D eigenvalue weighted by Gasteiger charge is 2.23. The minimum absolute atomic E-state index is 0.345. The Morgan fingerprint density at radius 2 is 2.11 bits per heavy atom. The van der Waals surface area contributed by atoms with Gasteiger partial charge in [0.05, 0.1) is 6.61 Å². The summed E-state index contributed by atoms with van der Waals surface area (Å²) in [5.74, 6) is 0. The summed E-state index contributed by atoms with van der Waals surface area (Å²) in [5.41, 5.74) is 0.345. The molecule has 2 nitrogen and oxygen atoms in total. The molecule has 1 N–H and O–H groups in total. The van der Waals surface area contributed by atoms with Gasteiger partial charge >= 0.3 is 0 Å². The van der Waals surface area contributed by atoms with Crippen LogP contribution in [0.2, 0.25) is 0 Å². The molecule has 1 fully saturated rings. The second-order valence-corrected chi connectivity index (χ2v) is 7.38. The quantitative estimate of drug-likeness (QED) is 0.589. The summed E-state index contributed by atoms with van der Waals surface area (Å²) in [5, 5.41) is 3.31. The largest absolute Gasteiger partial charge is 0.354 e. The molecule has 0 saturated carbocycles. The maximum Gasteiger partial charge on any atom is 0.140 e. The molecule has 3 heteroatoms. The zero-order valence-electron chi connectivity index (χ0n) is 6.31. The van der Waals surface area contributed by atoms with Gasteiger partial charge in [0.15, 0.2) is 0 Å². The maximum absolute atomic E-state index is 5.44. The van der Waals surface area contributed by atoms with Gasteiger partial charge in [0.25, 0.3) is 0 Å². The van der Waals surface area contributed by atoms with Crippen LogP contribution in [0.15, 0.2) is 0 Å². The first-order valence-electron chi connectivity index (χ1n) is 3.13. The molecular weight excluding hydrogens is 134 g/mol. The minimum Gasteiger partial charge on any atom is -0.354 e. The molecule has 0 bridgehead atoms. The molecule has 0 amide bonds. The first-order chi connectivity index (χ1) is 4.11. The average molecular weight is 149 g/mol. The van der Waals surface area contributed by atoms with Crippen LogP contribution in [0.3, 0.4) is 0 Å². The summed E-state index contributed by atoms with van der Waals surface area (Å²) < 4.78 is 5.44. The van der Waals surface area contributed by atoms with E-state index < -0.39 is 10.0 Å². The SMILES string of the molecule is CS(C)(C)C1NCCO1. The number of rotatable bonds is 1. The zero-order valence-corrected chi connectivity index (χ0v) is 7.12. The lowest BCUT2D eigenvalue weighted by molar-refractivity contribution is 0.165. The fraction of sp³-hybridized carbons (Fsp3) is 1.00. The summed E-state index contributed by atoms with van der Waals surface area (Å²) >= 11 is 0. The molecule has 0 aromatic heterocycles. The number of nitrogens with one attached hydrogen (secondary N) is 1. The highest BCUT2D eigenvalue weighted by molar-refractivity contribution is 8.32. The minimum atomic E-state index is -0.536. The van der Waals surface area contributed by atoms with Gasteiger partial charge in [-0.3, -0.25) is 5.32 Å². The van der Waals surface area contributed by atoms with Gasteiger partial charge in [0.2, 0.25) is 0 Å². The molecule has 1 aliphatic rings. The lowest BCUT2D eigenvalue weighted by atomic mass is 10.7. The van der Waals surface area contributed by atoms with Gasteiger partial charge in [-0.1, -0.05) is 0 Å². The van der Waals surface area contributed by atoms with E-state index in [0.717, 1.165) is 13.2 Å². The van der Waals surface area contributed by atoms with Crippen molar-refractivity contribution >= 4 is 10.0 Å². The topological polar surface area (TPSA) is 21.3 Å². The number of hydrogen-bond acceptors (Lipinski definition) is 2. The predicted octanol–water partition coefficient (Wildman–Crippen LogP) is 0.584. The van der Waals surface area contributed by atoms with Crippen molar-refractivity contribution in [1.82, 2.24) is 5.32 Å². The Hall–Kier alpha value is 0.270. The van der Waals surface area contributed by atoms with Gasteiger partial charge in [-0.25, -0.2) is 10.0 Å². The van der Waals surface area contributed by atoms with E-state index in [1.165, 1.54) is 0 Å². The Morgan fingerprint density at radius 3 is 2.33 bits per heavy atom. The molecule has 0 aliphatic carbocycles. The normalized spacial score (nSPS) is 30.8. The lowest BCUT2D eigenvalue weighted by Gasteiger charge is -2.31. The summed E-state index contributed by atoms with van der Waals surface area (Å²) in [4.78, 5) is 0. The average Bonchev–Trinajstić information content (AvgIpc) is 2.08. The van der Waals surface area contributed by atoms with E-state index in [4.69, 9.17) is 4.74 Å². The van der Waals surface area contributed by atoms with E-state index in [2.05, 4.69) is 24.1 Å². The second-order valence-electron chi connectivity index (χ2n) is 3.09. The summed E-state index contributed by atoms with van der Waals surface area (Å²) in [6, 6.07) is 0. The smallest absolute Gasteiger partial charge is 0.140 e. The first kappa shape index (κ1) is 7.38. The van der Waals surface area contributed by atoms with E-state index in [1.807, 2.05) is 0 Å². The zero-order chi connectivity index (χ0) is 6.91. The molecule has 1 atom stereocenters. The van der Waals surface area contributed by atoms with E-state index in [-0.39, 0.29) is 0 Å². The van der Waals surface area contributed by atoms with Crippen LogP contribution in [0.25, 0.3) is 0 Å². The molecule has 0 radical (unpaired) electrons. The molecular formula is C6H15NOS. The Morgan fingerprint density at radius 1 is 1.44 bits per heavy atom. The highest BCUT2D eigenvalue weighted by Crippen LogP contribution is 2.40. The third-order valence-corrected chi connectivity index (χ3v) is 2.91. The van der Waals surface area contributed by atoms with Crippen molar-refractivity contribution in [3.8, 4) is 0 Å². The Kier molecular flexibility index (Phi) is 2.03. The second kappa shape index (κ2) is 2.48. The summed E-state index contributed by atoms with van der Waals surface area (Å²) in [6.45, 7) is 1.91. The van der Waals surface area contributed by atoms with Crippen molar-refractivity contribution in [2.75, 3.05) is 31.9 Å². The number of hydrogen-bond donors (Lipinski definition) is 1. The van der Waals surface area contributed by atoms with Gasteiger partial charge in [-0.05, 0) is 18.8 Å². The molecule has 0 aromatic carbocycles. The molecule has 1 unspecified atom stereocenters. The van der Waals surface area contributed by atoms with Crippen molar-refractivity contribution in [2.45, 2.75) is 5.56 Å². The Balaban J connectivity index is 2.42. The van der Waals surface area contributed by atoms with Gasteiger partial charge in [-0.2, -0.15) is 0 Å². The molecule has 0 aromatic rings. The van der Waals surface area contributed by atoms with Crippen molar-refractivity contribution < 1.29 is 4.74 Å². The van der Waals surface area contributed by atoms with E-state index in [0.29, 0.717) is 5.56 Å². The predicted molar refractivity (Wildman–Crippen MR) is 43.1 cm³/mol. The van der Waals surface area contributed by atoms with E-state index in [9.17, 15) is 0 Å². The molecule has 0 spiro atoms. The maximum atomic E-state index is 5.44. The van der Waals surface area contributed by atoms with E-state index in [1.54, 1.807) is 0 Å². The molecule has 1 heterocycles. The summed E-state index contributed by atoms with van der Waals surface area (Å²) in [7, 11) is -0.536. The molecule has 9 heavy (non-hydrogen) atoms. The van der Waals surface area contributed by atoms with Gasteiger partial charge in [0, 0.05) is 6.54 Å². The van der Waals surface area contributed by atoms with Crippen LogP contribution in [0.1, 0.15) is 0 Å². The van der Waals surface area contributed by atoms with Crippen molar-refractivity contribution in [3.63, 3.8) is 0 Å². The van der Waals surface area contributed by atoms with Gasteiger partial charge in [0.1, 0.15) is 5.56 Å². The van der Waals surface area contributed by atoms with Crippen molar-refractivity contribution in [1.29, 1.82) is 0 Å². The summed E-state index contributed by atoms with van der Waals surface area (Å²) in [6.07, 6.45) is 6.78. The van der Waals surface area contributed by atoms with Crippen LogP contribution in [-0.4, -0.2) is 37.5 Å². The Labute approximate surface area is 58.3 Å². The standard InChI is InChI=1S/C6H15NOS/c1-9(2,3)6-7-4-5-8-6/h6-7H,4-5H2,1-3H3. The molecule has 1 saturated heterocycles. The van der Waals surface area contributed by atoms with Crippen LogP contribution < -0.4 is 5.32 Å². The molecule has 56 valence electrons. The van der Waals surface area contributed by atoms with Gasteiger partial charge in [-0.15, -0.1) is 0 Å². The first-order valence-corrected chi connectivity index (χ1v) is 6.05. The van der Waals surface area contributed by atoms with Crippen LogP contribution in [0.5, 0.6) is 0 Å². The highest BCUT2D eigenvalue weighted by atomic mass is 32.3. The fourth-order valence-corrected chi connectivity index (χ4v) is 1.98. The third-order valence-electron chi connectivity index (χ3n) is 1.32. The lowest BCUT2D eigenvalue weighted by Crippen LogP contribution is -2.27. The van der Waals surface area contributed by atoms with E-state index >= 15 is 0 Å². The Bertz CT molecular complexity index is 93.7.